The molecule has 4 unspecified atom stereocenters. The molecule has 54 heavy (non-hydrogen) atoms. The van der Waals surface area contributed by atoms with Crippen molar-refractivity contribution in [2.24, 2.45) is 11.8 Å². The molecule has 0 aromatic heterocycles. The minimum absolute atomic E-state index is 0.00191. The van der Waals surface area contributed by atoms with Crippen LogP contribution in [0.2, 0.25) is 5.02 Å². The maximum absolute atomic E-state index is 14.2. The third kappa shape index (κ3) is 8.32. The molecule has 6 aliphatic heterocycles. The average molecular weight is 797 g/mol. The fourth-order valence-electron chi connectivity index (χ4n) is 8.52. The molecule has 18 heteroatoms. The molecule has 5 saturated heterocycles. The zero-order chi connectivity index (χ0) is 38.4. The highest BCUT2D eigenvalue weighted by Gasteiger charge is 2.54. The molecular weight excluding hydrogens is 749 g/mol. The number of carbonyl (C=O) groups excluding carboxylic acids is 2. The van der Waals surface area contributed by atoms with E-state index in [1.807, 2.05) is 25.2 Å². The van der Waals surface area contributed by atoms with Gasteiger partial charge in [0.15, 0.2) is 0 Å². The van der Waals surface area contributed by atoms with Crippen LogP contribution in [0.5, 0.6) is 0 Å². The molecule has 2 bridgehead atoms. The molecule has 0 spiro atoms. The van der Waals surface area contributed by atoms with E-state index in [-0.39, 0.29) is 79.6 Å². The number of benzene rings is 2. The molecule has 2 aromatic carbocycles. The Morgan fingerprint density at radius 2 is 1.76 bits per heavy atom. The van der Waals surface area contributed by atoms with Crippen molar-refractivity contribution in [1.82, 2.24) is 29.2 Å². The number of nitrogen functional groups attached to an aromatic ring is 1. The van der Waals surface area contributed by atoms with Crippen molar-refractivity contribution in [1.29, 1.82) is 0 Å². The number of hydrogen-bond acceptors (Lipinski definition) is 9. The molecule has 2 amide bonds. The Morgan fingerprint density at radius 3 is 2.46 bits per heavy atom. The van der Waals surface area contributed by atoms with Crippen molar-refractivity contribution < 1.29 is 35.9 Å². The number of aryl methyl sites for hydroxylation is 1. The van der Waals surface area contributed by atoms with Gasteiger partial charge in [0.05, 0.1) is 34.0 Å². The second-order valence-electron chi connectivity index (χ2n) is 15.2. The highest BCUT2D eigenvalue weighted by atomic mass is 35.5. The minimum atomic E-state index is -4.79. The molecule has 0 aliphatic carbocycles. The lowest BCUT2D eigenvalue weighted by molar-refractivity contribution is -0.282. The number of alkyl halides is 3. The van der Waals surface area contributed by atoms with Crippen LogP contribution in [0.3, 0.4) is 0 Å². The van der Waals surface area contributed by atoms with E-state index in [1.165, 1.54) is 20.8 Å². The van der Waals surface area contributed by atoms with Gasteiger partial charge in [-0.05, 0) is 88.0 Å². The van der Waals surface area contributed by atoms with Crippen LogP contribution >= 0.6 is 11.6 Å². The summed E-state index contributed by atoms with van der Waals surface area (Å²) in [7, 11) is -1.81. The Kier molecular flexibility index (Phi) is 11.4. The molecule has 296 valence electrons. The number of likely N-dealkylation sites (tertiary alicyclic amines) is 1. The van der Waals surface area contributed by atoms with E-state index in [9.17, 15) is 31.2 Å². The van der Waals surface area contributed by atoms with Gasteiger partial charge in [-0.1, -0.05) is 29.8 Å². The number of piperidine rings is 2. The first-order valence-electron chi connectivity index (χ1n) is 18.6. The molecule has 5 atom stereocenters. The van der Waals surface area contributed by atoms with Gasteiger partial charge in [0, 0.05) is 57.1 Å². The van der Waals surface area contributed by atoms with E-state index >= 15 is 0 Å². The number of piperazine rings is 1. The largest absolute Gasteiger partial charge is 0.418 e. The van der Waals surface area contributed by atoms with E-state index in [0.717, 1.165) is 37.7 Å². The third-order valence-electron chi connectivity index (χ3n) is 11.6. The number of ether oxygens (including phenoxy) is 1. The number of hydrazine groups is 1. The number of fused-ring (bicyclic) bond motifs is 3. The van der Waals surface area contributed by atoms with Gasteiger partial charge in [0.25, 0.3) is 10.2 Å². The van der Waals surface area contributed by atoms with Crippen LogP contribution in [0.1, 0.15) is 48.8 Å². The highest BCUT2D eigenvalue weighted by molar-refractivity contribution is 7.87. The van der Waals surface area contributed by atoms with Crippen LogP contribution < -0.4 is 21.3 Å². The summed E-state index contributed by atoms with van der Waals surface area (Å²) < 4.78 is 78.6. The molecule has 5 N–H and O–H groups in total. The number of rotatable bonds is 9. The summed E-state index contributed by atoms with van der Waals surface area (Å²) >= 11 is 6.16. The van der Waals surface area contributed by atoms with E-state index in [4.69, 9.17) is 22.1 Å². The summed E-state index contributed by atoms with van der Waals surface area (Å²) in [6, 6.07) is 10.1. The molecule has 13 nitrogen and oxygen atoms in total. The van der Waals surface area contributed by atoms with Crippen molar-refractivity contribution >= 4 is 45.0 Å². The summed E-state index contributed by atoms with van der Waals surface area (Å²) in [5.41, 5.74) is 13.0. The second-order valence-corrected chi connectivity index (χ2v) is 17.3. The summed E-state index contributed by atoms with van der Waals surface area (Å²) in [5.74, 6) is -1.84. The van der Waals surface area contributed by atoms with E-state index < -0.39 is 45.7 Å². The topological polar surface area (TPSA) is 153 Å². The van der Waals surface area contributed by atoms with Crippen LogP contribution in [0.15, 0.2) is 36.4 Å². The van der Waals surface area contributed by atoms with Gasteiger partial charge in [0.1, 0.15) is 6.23 Å². The summed E-state index contributed by atoms with van der Waals surface area (Å²) in [6.07, 6.45) is -2.15. The first-order chi connectivity index (χ1) is 25.7. The highest BCUT2D eigenvalue weighted by Crippen LogP contribution is 2.43. The zero-order valence-electron chi connectivity index (χ0n) is 30.2. The fourth-order valence-corrected chi connectivity index (χ4v) is 10.2. The molecule has 8 rings (SSSR count). The van der Waals surface area contributed by atoms with Gasteiger partial charge in [-0.25, -0.2) is 5.43 Å². The summed E-state index contributed by atoms with van der Waals surface area (Å²) in [4.78, 5) is 33.7. The predicted octanol–water partition coefficient (Wildman–Crippen LogP) is 3.07. The second kappa shape index (κ2) is 15.7. The number of anilines is 2. The van der Waals surface area contributed by atoms with Gasteiger partial charge in [-0.15, -0.1) is 0 Å². The van der Waals surface area contributed by atoms with Gasteiger partial charge < -0.3 is 30.6 Å². The fraction of sp³-hybridized carbons (Fsp3) is 0.611. The van der Waals surface area contributed by atoms with Gasteiger partial charge >= 0.3 is 6.18 Å². The maximum Gasteiger partial charge on any atom is 0.418 e. The third-order valence-corrected chi connectivity index (χ3v) is 13.6. The van der Waals surface area contributed by atoms with Gasteiger partial charge in [-0.2, -0.15) is 30.6 Å². The van der Waals surface area contributed by atoms with Crippen molar-refractivity contribution in [3.8, 4) is 0 Å². The van der Waals surface area contributed by atoms with E-state index in [2.05, 4.69) is 26.5 Å². The Bertz CT molecular complexity index is 1790. The smallest absolute Gasteiger partial charge is 0.397 e. The van der Waals surface area contributed by atoms with E-state index in [0.29, 0.717) is 25.8 Å². The lowest BCUT2D eigenvalue weighted by atomic mass is 9.79. The van der Waals surface area contributed by atoms with Crippen LogP contribution in [-0.4, -0.2) is 117 Å². The zero-order valence-corrected chi connectivity index (χ0v) is 31.7. The number of hydrogen-bond donors (Lipinski definition) is 4. The number of amides is 2. The molecule has 0 saturated carbocycles. The monoisotopic (exact) mass is 796 g/mol. The van der Waals surface area contributed by atoms with E-state index in [1.54, 1.807) is 4.90 Å². The lowest BCUT2D eigenvalue weighted by Crippen LogP contribution is -2.70. The minimum Gasteiger partial charge on any atom is -0.397 e. The number of carbonyl (C=O) groups is 2. The standard InChI is InChI=1S/C36H48ClF3N8O5S/c1-45-11-8-25(9-12-45)44-54(51,52)47-16-14-46(15-17-47)34(50)24(18-22-19-26(36(38,39)40)33(41)27(37)20-22)21-31(49)48-13-10-30-32(35(48)53-30)29-7-6-23-4-2-3-5-28(23)42-43-29/h2-5,19-20,24-25,29-30,32,35,42-44H,6-18,21,41H2,1H3/t24?,29?,30?,32?,35-/m0/s1. The molecule has 0 radical (unpaired) electrons. The van der Waals surface area contributed by atoms with Crippen LogP contribution in [-0.2, 0) is 43.6 Å². The first kappa shape index (κ1) is 39.1. The van der Waals surface area contributed by atoms with Gasteiger partial charge in [0.2, 0.25) is 11.8 Å². The Balaban J connectivity index is 1.05. The SMILES string of the molecule is CN1CCC(NS(=O)(=O)N2CCN(C(=O)C(CC(=O)N3CCC4O[C@H]3C4C3CCc4ccccc4NN3)Cc3cc(Cl)c(N)c(C(F)(F)F)c3)CC2)CC1. The molecule has 6 aliphatic rings. The quantitative estimate of drug-likeness (QED) is 0.281. The maximum atomic E-state index is 14.2. The molecule has 5 fully saturated rings. The number of nitrogens with two attached hydrogens (primary N) is 1. The molecular formula is C36H48ClF3N8O5S. The van der Waals surface area contributed by atoms with Crippen LogP contribution in [0, 0.1) is 11.8 Å². The number of nitrogens with one attached hydrogen (secondary N) is 3. The number of para-hydroxylation sites is 1. The average Bonchev–Trinajstić information content (AvgIpc) is 3.35. The van der Waals surface area contributed by atoms with Crippen molar-refractivity contribution in [2.75, 3.05) is 64.0 Å². The van der Waals surface area contributed by atoms with Crippen molar-refractivity contribution in [3.63, 3.8) is 0 Å². The predicted molar refractivity (Wildman–Crippen MR) is 197 cm³/mol. The summed E-state index contributed by atoms with van der Waals surface area (Å²) in [6.45, 7) is 2.21. The molecule has 6 heterocycles. The molecule has 2 aromatic rings. The Labute approximate surface area is 318 Å². The van der Waals surface area contributed by atoms with Crippen molar-refractivity contribution in [2.45, 2.75) is 75.5 Å². The number of nitrogens with zero attached hydrogens (tertiary/aromatic N) is 4. The van der Waals surface area contributed by atoms with Crippen LogP contribution in [0.25, 0.3) is 0 Å². The lowest BCUT2D eigenvalue weighted by Gasteiger charge is -2.57. The Hall–Kier alpha value is -3.19. The first-order valence-corrected chi connectivity index (χ1v) is 20.4. The normalized spacial score (nSPS) is 26.3. The van der Waals surface area contributed by atoms with Crippen molar-refractivity contribution in [3.05, 3.63) is 58.1 Å². The number of halogens is 4. The Morgan fingerprint density at radius 1 is 1.04 bits per heavy atom. The van der Waals surface area contributed by atoms with Gasteiger partial charge in [-0.3, -0.25) is 9.59 Å². The van der Waals surface area contributed by atoms with Crippen LogP contribution in [0.4, 0.5) is 24.5 Å². The summed E-state index contributed by atoms with van der Waals surface area (Å²) in [5, 5.41) is -0.298.